The lowest BCUT2D eigenvalue weighted by atomic mass is 10.0. The molecule has 1 aliphatic heterocycles. The number of amides is 1. The lowest BCUT2D eigenvalue weighted by Crippen LogP contribution is -2.47. The van der Waals surface area contributed by atoms with Crippen molar-refractivity contribution >= 4 is 56.7 Å². The summed E-state index contributed by atoms with van der Waals surface area (Å²) in [5.74, 6) is -0.181. The van der Waals surface area contributed by atoms with Crippen molar-refractivity contribution in [2.24, 2.45) is 0 Å². The number of aromatic nitrogens is 3. The zero-order chi connectivity index (χ0) is 20.7. The van der Waals surface area contributed by atoms with E-state index < -0.39 is 0 Å². The van der Waals surface area contributed by atoms with Gasteiger partial charge in [-0.2, -0.15) is 0 Å². The average Bonchev–Trinajstić information content (AvgIpc) is 3.56. The number of hydrogen-bond acceptors (Lipinski definition) is 5. The second-order valence-electron chi connectivity index (χ2n) is 8.22. The number of likely N-dealkylation sites (N-methyl/N-ethyl adjacent to an activating group) is 1. The molecule has 0 spiro atoms. The highest BCUT2D eigenvalue weighted by molar-refractivity contribution is 9.10. The number of nitrogens with one attached hydrogen (secondary N) is 2. The summed E-state index contributed by atoms with van der Waals surface area (Å²) >= 11 is 3.73. The van der Waals surface area contributed by atoms with Gasteiger partial charge in [-0.25, -0.2) is 4.98 Å². The minimum Gasteiger partial charge on any atom is -0.368 e. The molecule has 0 bridgehead atoms. The van der Waals surface area contributed by atoms with Crippen LogP contribution in [-0.2, 0) is 0 Å². The summed E-state index contributed by atoms with van der Waals surface area (Å²) in [5.41, 5.74) is 3.13. The number of carbonyl (C=O) groups is 1. The van der Waals surface area contributed by atoms with Gasteiger partial charge >= 0.3 is 0 Å². The second-order valence-corrected chi connectivity index (χ2v) is 9.07. The monoisotopic (exact) mass is 504 g/mol. The largest absolute Gasteiger partial charge is 0.368 e. The first-order valence-corrected chi connectivity index (χ1v) is 11.2. The van der Waals surface area contributed by atoms with Crippen LogP contribution in [0.3, 0.4) is 0 Å². The van der Waals surface area contributed by atoms with E-state index in [4.69, 9.17) is 0 Å². The van der Waals surface area contributed by atoms with Crippen LogP contribution >= 0.6 is 28.3 Å². The van der Waals surface area contributed by atoms with E-state index in [0.717, 1.165) is 52.4 Å². The third kappa shape index (κ3) is 4.42. The van der Waals surface area contributed by atoms with Crippen molar-refractivity contribution in [2.45, 2.75) is 37.8 Å². The number of pyridine rings is 2. The number of piperidine rings is 1. The number of anilines is 2. The van der Waals surface area contributed by atoms with Gasteiger partial charge in [0.1, 0.15) is 5.65 Å². The van der Waals surface area contributed by atoms with Crippen LogP contribution in [0.2, 0.25) is 0 Å². The normalized spacial score (nSPS) is 18.8. The summed E-state index contributed by atoms with van der Waals surface area (Å²) in [5, 5.41) is 3.98. The first kappa shape index (κ1) is 22.0. The van der Waals surface area contributed by atoms with Gasteiger partial charge in [0, 0.05) is 50.0 Å². The predicted octanol–water partition coefficient (Wildman–Crippen LogP) is 4.46. The number of carbonyl (C=O) groups excluding carboxylic acids is 1. The van der Waals surface area contributed by atoms with Crippen molar-refractivity contribution in [3.05, 3.63) is 47.0 Å². The number of rotatable bonds is 5. The maximum absolute atomic E-state index is 12.7. The molecule has 9 heteroatoms. The number of halogens is 2. The van der Waals surface area contributed by atoms with E-state index in [-0.39, 0.29) is 18.3 Å². The van der Waals surface area contributed by atoms with Crippen LogP contribution in [0.1, 0.15) is 36.0 Å². The Balaban J connectivity index is 0.00000231. The minimum absolute atomic E-state index is 0. The standard InChI is InChI=1S/C22H25BrN6O.ClH/c1-28(15-6-7-15)16-5-3-9-29(13-16)20-17(23)11-25-21-19(20)18(12-26-21)27-22(30)14-4-2-8-24-10-14;/h2,4,8,10-12,15-16H,3,5-7,9,13H2,1H3,(H,25,26)(H,27,30);1H/t16-;/m1./s1. The predicted molar refractivity (Wildman–Crippen MR) is 129 cm³/mol. The molecule has 5 rings (SSSR count). The highest BCUT2D eigenvalue weighted by atomic mass is 79.9. The molecule has 2 aliphatic rings. The molecular weight excluding hydrogens is 480 g/mol. The Bertz CT molecular complexity index is 1070. The van der Waals surface area contributed by atoms with Crippen LogP contribution in [0.5, 0.6) is 0 Å². The summed E-state index contributed by atoms with van der Waals surface area (Å²) < 4.78 is 0.946. The number of fused-ring (bicyclic) bond motifs is 1. The van der Waals surface area contributed by atoms with Crippen LogP contribution in [0, 0.1) is 0 Å². The van der Waals surface area contributed by atoms with E-state index >= 15 is 0 Å². The van der Waals surface area contributed by atoms with Crippen molar-refractivity contribution in [1.29, 1.82) is 0 Å². The number of hydrogen-bond donors (Lipinski definition) is 2. The van der Waals surface area contributed by atoms with Gasteiger partial charge in [0.05, 0.1) is 26.8 Å². The van der Waals surface area contributed by atoms with Gasteiger partial charge in [0.25, 0.3) is 5.91 Å². The molecule has 31 heavy (non-hydrogen) atoms. The maximum Gasteiger partial charge on any atom is 0.257 e. The van der Waals surface area contributed by atoms with Gasteiger partial charge in [-0.05, 0) is 60.8 Å². The van der Waals surface area contributed by atoms with Gasteiger partial charge in [-0.1, -0.05) is 0 Å². The molecule has 1 atom stereocenters. The SMILES string of the molecule is CN(C1CC1)[C@@H]1CCCN(c2c(Br)cnc3[nH]cc(NC(=O)c4cccnc4)c23)C1.Cl. The summed E-state index contributed by atoms with van der Waals surface area (Å²) in [4.78, 5) is 29.5. The molecule has 0 aromatic carbocycles. The number of H-pyrrole nitrogens is 1. The van der Waals surface area contributed by atoms with Crippen molar-refractivity contribution in [3.63, 3.8) is 0 Å². The minimum atomic E-state index is -0.181. The smallest absolute Gasteiger partial charge is 0.257 e. The topological polar surface area (TPSA) is 77.1 Å². The summed E-state index contributed by atoms with van der Waals surface area (Å²) in [6.07, 6.45) is 11.9. The summed E-state index contributed by atoms with van der Waals surface area (Å²) in [7, 11) is 2.26. The highest BCUT2D eigenvalue weighted by Gasteiger charge is 2.34. The number of aromatic amines is 1. The molecule has 2 N–H and O–H groups in total. The van der Waals surface area contributed by atoms with Crippen molar-refractivity contribution in [3.8, 4) is 0 Å². The van der Waals surface area contributed by atoms with Gasteiger partial charge in [0.15, 0.2) is 0 Å². The first-order valence-electron chi connectivity index (χ1n) is 10.5. The van der Waals surface area contributed by atoms with Crippen molar-refractivity contribution in [1.82, 2.24) is 19.9 Å². The molecule has 1 aliphatic carbocycles. The maximum atomic E-state index is 12.7. The van der Waals surface area contributed by atoms with E-state index in [1.807, 2.05) is 12.4 Å². The molecule has 0 unspecified atom stereocenters. The van der Waals surface area contributed by atoms with Gasteiger partial charge in [-0.15, -0.1) is 12.4 Å². The fourth-order valence-electron chi connectivity index (χ4n) is 4.43. The van der Waals surface area contributed by atoms with E-state index in [1.165, 1.54) is 19.3 Å². The molecular formula is C22H26BrClN6O. The van der Waals surface area contributed by atoms with Crippen molar-refractivity contribution in [2.75, 3.05) is 30.4 Å². The average molecular weight is 506 g/mol. The van der Waals surface area contributed by atoms with Crippen molar-refractivity contribution < 1.29 is 4.79 Å². The molecule has 3 aromatic heterocycles. The Hall–Kier alpha value is -2.16. The van der Waals surface area contributed by atoms with Crippen LogP contribution < -0.4 is 10.2 Å². The number of nitrogens with zero attached hydrogens (tertiary/aromatic N) is 4. The molecule has 1 saturated carbocycles. The van der Waals surface area contributed by atoms with Gasteiger partial charge in [-0.3, -0.25) is 14.7 Å². The molecule has 7 nitrogen and oxygen atoms in total. The lowest BCUT2D eigenvalue weighted by molar-refractivity contribution is 0.102. The Kier molecular flexibility index (Phi) is 6.50. The second kappa shape index (κ2) is 9.14. The third-order valence-electron chi connectivity index (χ3n) is 6.21. The molecule has 3 aromatic rings. The molecule has 1 saturated heterocycles. The van der Waals surface area contributed by atoms with Gasteiger partial charge < -0.3 is 15.2 Å². The van der Waals surface area contributed by atoms with Gasteiger partial charge in [0.2, 0.25) is 0 Å². The zero-order valence-corrected chi connectivity index (χ0v) is 19.7. The zero-order valence-electron chi connectivity index (χ0n) is 17.3. The highest BCUT2D eigenvalue weighted by Crippen LogP contribution is 2.40. The van der Waals surface area contributed by atoms with E-state index in [0.29, 0.717) is 11.6 Å². The molecule has 2 fully saturated rings. The Morgan fingerprint density at radius 2 is 2.13 bits per heavy atom. The van der Waals surface area contributed by atoms with Crippen LogP contribution in [0.15, 0.2) is 41.4 Å². The summed E-state index contributed by atoms with van der Waals surface area (Å²) in [6.45, 7) is 1.97. The fraction of sp³-hybridized carbons (Fsp3) is 0.409. The molecule has 1 amide bonds. The third-order valence-corrected chi connectivity index (χ3v) is 6.79. The molecule has 4 heterocycles. The fourth-order valence-corrected chi connectivity index (χ4v) is 4.98. The van der Waals surface area contributed by atoms with E-state index in [9.17, 15) is 4.79 Å². The summed E-state index contributed by atoms with van der Waals surface area (Å²) in [6, 6.07) is 4.82. The lowest BCUT2D eigenvalue weighted by Gasteiger charge is -2.39. The first-order chi connectivity index (χ1) is 14.6. The van der Waals surface area contributed by atoms with Crippen LogP contribution in [0.25, 0.3) is 11.0 Å². The van der Waals surface area contributed by atoms with Crippen LogP contribution in [-0.4, -0.2) is 58.0 Å². The van der Waals surface area contributed by atoms with E-state index in [1.54, 1.807) is 24.5 Å². The molecule has 0 radical (unpaired) electrons. The molecule has 164 valence electrons. The van der Waals surface area contributed by atoms with E-state index in [2.05, 4.69) is 53.0 Å². The Morgan fingerprint density at radius 1 is 1.29 bits per heavy atom. The van der Waals surface area contributed by atoms with Crippen LogP contribution in [0.4, 0.5) is 11.4 Å². The Labute approximate surface area is 196 Å². The quantitative estimate of drug-likeness (QED) is 0.535. The Morgan fingerprint density at radius 3 is 2.87 bits per heavy atom.